The van der Waals surface area contributed by atoms with Gasteiger partial charge < -0.3 is 28.4 Å². The van der Waals surface area contributed by atoms with Crippen LogP contribution in [0.15, 0.2) is 24.3 Å². The van der Waals surface area contributed by atoms with E-state index < -0.39 is 40.9 Å². The molecule has 10 nitrogen and oxygen atoms in total. The number of methoxy groups -OCH3 is 5. The van der Waals surface area contributed by atoms with Crippen molar-refractivity contribution in [3.8, 4) is 23.0 Å². The Morgan fingerprint density at radius 2 is 1.19 bits per heavy atom. The summed E-state index contributed by atoms with van der Waals surface area (Å²) in [4.78, 5) is 48.8. The Labute approximate surface area is 284 Å². The third-order valence-electron chi connectivity index (χ3n) is 6.95. The molecule has 0 aliphatic rings. The second kappa shape index (κ2) is 16.2. The molecule has 2 heterocycles. The maximum Gasteiger partial charge on any atom is 0.314 e. The van der Waals surface area contributed by atoms with Gasteiger partial charge in [0.25, 0.3) is 0 Å². The van der Waals surface area contributed by atoms with Crippen LogP contribution in [0.3, 0.4) is 0 Å². The summed E-state index contributed by atoms with van der Waals surface area (Å²) in [6.07, 6.45) is 0.144. The normalized spacial score (nSPS) is 11.7. The number of thiophene rings is 2. The fourth-order valence-electron chi connectivity index (χ4n) is 4.64. The van der Waals surface area contributed by atoms with Crippen LogP contribution in [0.1, 0.15) is 66.3 Å². The van der Waals surface area contributed by atoms with E-state index in [1.54, 1.807) is 32.9 Å². The van der Waals surface area contributed by atoms with Crippen LogP contribution in [0.5, 0.6) is 23.0 Å². The summed E-state index contributed by atoms with van der Waals surface area (Å²) in [5.41, 5.74) is -0.662. The third kappa shape index (κ3) is 8.78. The van der Waals surface area contributed by atoms with Gasteiger partial charge in [0, 0.05) is 38.7 Å². The maximum atomic E-state index is 14.5. The van der Waals surface area contributed by atoms with Crippen LogP contribution in [-0.2, 0) is 19.1 Å². The number of fused-ring (bicyclic) bond motifs is 2. The fraction of sp³-hybridized carbons (Fsp3) is 0.412. The quantitative estimate of drug-likeness (QED) is 0.0818. The number of Topliss-reactive ketones (excluding diaryl/α,β-unsaturated/α-hetero) is 2. The molecule has 0 saturated carbocycles. The number of carbonyl (C=O) groups is 4. The molecule has 4 rings (SSSR count). The molecule has 4 aromatic rings. The lowest BCUT2D eigenvalue weighted by atomic mass is 9.99. The lowest BCUT2D eigenvalue weighted by Gasteiger charge is -2.18. The average Bonchev–Trinajstić information content (AvgIpc) is 3.67. The van der Waals surface area contributed by atoms with E-state index in [0.29, 0.717) is 26.1 Å². The predicted molar refractivity (Wildman–Crippen MR) is 179 cm³/mol. The van der Waals surface area contributed by atoms with Crippen LogP contribution in [0.4, 0.5) is 8.78 Å². The van der Waals surface area contributed by atoms with E-state index in [9.17, 15) is 28.0 Å². The predicted octanol–water partition coefficient (Wildman–Crippen LogP) is 7.80. The van der Waals surface area contributed by atoms with Crippen LogP contribution in [-0.4, -0.2) is 64.7 Å². The molecule has 2 aromatic heterocycles. The van der Waals surface area contributed by atoms with Crippen molar-refractivity contribution in [3.05, 3.63) is 45.7 Å². The molecule has 0 aliphatic carbocycles. The first-order valence-corrected chi connectivity index (χ1v) is 16.3. The molecule has 0 fully saturated rings. The summed E-state index contributed by atoms with van der Waals surface area (Å²) in [6.45, 7) is 6.99. The highest BCUT2D eigenvalue weighted by Crippen LogP contribution is 2.41. The number of hydrogen-bond donors (Lipinski definition) is 0. The first kappa shape index (κ1) is 38.2. The van der Waals surface area contributed by atoms with Crippen molar-refractivity contribution in [1.82, 2.24) is 0 Å². The molecule has 0 aliphatic heterocycles. The highest BCUT2D eigenvalue weighted by molar-refractivity contribution is 7.21. The molecule has 48 heavy (non-hydrogen) atoms. The van der Waals surface area contributed by atoms with E-state index in [0.717, 1.165) is 22.7 Å². The van der Waals surface area contributed by atoms with Crippen LogP contribution >= 0.6 is 22.7 Å². The Morgan fingerprint density at radius 1 is 0.729 bits per heavy atom. The molecule has 1 atom stereocenters. The Morgan fingerprint density at radius 3 is 1.56 bits per heavy atom. The zero-order valence-corrected chi connectivity index (χ0v) is 29.8. The Bertz CT molecular complexity index is 1820. The van der Waals surface area contributed by atoms with E-state index >= 15 is 0 Å². The van der Waals surface area contributed by atoms with E-state index in [2.05, 4.69) is 0 Å². The van der Waals surface area contributed by atoms with Gasteiger partial charge in [-0.05, 0) is 39.3 Å². The first-order valence-electron chi connectivity index (χ1n) is 14.7. The van der Waals surface area contributed by atoms with Gasteiger partial charge >= 0.3 is 11.9 Å². The fourth-order valence-corrected chi connectivity index (χ4v) is 6.70. The molecule has 0 amide bonds. The number of esters is 2. The van der Waals surface area contributed by atoms with Gasteiger partial charge in [0.2, 0.25) is 0 Å². The van der Waals surface area contributed by atoms with E-state index in [4.69, 9.17) is 28.4 Å². The second-order valence-electron chi connectivity index (χ2n) is 11.3. The van der Waals surface area contributed by atoms with Gasteiger partial charge in [-0.2, -0.15) is 0 Å². The van der Waals surface area contributed by atoms with Gasteiger partial charge in [-0.3, -0.25) is 19.2 Å². The van der Waals surface area contributed by atoms with Gasteiger partial charge in [-0.1, -0.05) is 6.92 Å². The summed E-state index contributed by atoms with van der Waals surface area (Å²) in [7, 11) is 6.82. The van der Waals surface area contributed by atoms with Crippen molar-refractivity contribution in [1.29, 1.82) is 0 Å². The lowest BCUT2D eigenvalue weighted by Crippen LogP contribution is -2.25. The summed E-state index contributed by atoms with van der Waals surface area (Å²) < 4.78 is 60.2. The Balaban J connectivity index is 0.000000260. The van der Waals surface area contributed by atoms with Crippen LogP contribution in [0.25, 0.3) is 20.2 Å². The molecule has 1 unspecified atom stereocenters. The number of rotatable bonds is 12. The van der Waals surface area contributed by atoms with Crippen molar-refractivity contribution in [2.24, 2.45) is 5.92 Å². The molecule has 0 N–H and O–H groups in total. The minimum absolute atomic E-state index is 0.00259. The minimum Gasteiger partial charge on any atom is -0.493 e. The zero-order chi connectivity index (χ0) is 35.9. The van der Waals surface area contributed by atoms with Gasteiger partial charge in [-0.15, -0.1) is 22.7 Å². The maximum absolute atomic E-state index is 14.5. The highest BCUT2D eigenvalue weighted by atomic mass is 32.1. The monoisotopic (exact) mass is 708 g/mol. The van der Waals surface area contributed by atoms with Crippen LogP contribution < -0.4 is 18.9 Å². The van der Waals surface area contributed by atoms with Gasteiger partial charge in [0.15, 0.2) is 46.2 Å². The van der Waals surface area contributed by atoms with Crippen LogP contribution in [0, 0.1) is 17.6 Å². The number of benzene rings is 2. The topological polar surface area (TPSA) is 124 Å². The molecule has 2 aromatic carbocycles. The van der Waals surface area contributed by atoms with Crippen molar-refractivity contribution in [2.75, 3.05) is 35.5 Å². The third-order valence-corrected chi connectivity index (χ3v) is 9.19. The number of hydrogen-bond acceptors (Lipinski definition) is 12. The first-order chi connectivity index (χ1) is 22.6. The largest absolute Gasteiger partial charge is 0.493 e. The standard InChI is InChI=1S/2C17H19FO5S/c1-17(2,3)23-14(20)7-10(19)13-6-9-12(24-13)8-11(21-4)16(22-5)15(9)18;1-5-9(17(20)23-4)6-11(19)14-7-10-13(24-14)8-12(21-2)16(22-3)15(10)18/h6,8H,7H2,1-5H3;7-9H,5-6H2,1-4H3. The molecule has 0 radical (unpaired) electrons. The molecule has 0 saturated heterocycles. The molecule has 0 spiro atoms. The zero-order valence-electron chi connectivity index (χ0n) is 28.2. The van der Waals surface area contributed by atoms with Crippen molar-refractivity contribution < 1.29 is 56.4 Å². The Hall–Kier alpha value is -4.30. The highest BCUT2D eigenvalue weighted by Gasteiger charge is 2.25. The minimum atomic E-state index is -0.662. The van der Waals surface area contributed by atoms with Crippen LogP contribution in [0.2, 0.25) is 0 Å². The number of carbonyl (C=O) groups excluding carboxylic acids is 4. The van der Waals surface area contributed by atoms with Gasteiger partial charge in [-0.25, -0.2) is 8.78 Å². The van der Waals surface area contributed by atoms with E-state index in [1.165, 1.54) is 47.7 Å². The van der Waals surface area contributed by atoms with E-state index in [-0.39, 0.29) is 51.9 Å². The summed E-state index contributed by atoms with van der Waals surface area (Å²) in [5, 5.41) is 0.553. The number of ether oxygens (including phenoxy) is 6. The molecular formula is C34H38F2O10S2. The summed E-state index contributed by atoms with van der Waals surface area (Å²) in [5.74, 6) is -2.82. The molecular weight excluding hydrogens is 670 g/mol. The van der Waals surface area contributed by atoms with Crippen molar-refractivity contribution in [3.63, 3.8) is 0 Å². The lowest BCUT2D eigenvalue weighted by molar-refractivity contribution is -0.153. The molecule has 0 bridgehead atoms. The smallest absolute Gasteiger partial charge is 0.314 e. The van der Waals surface area contributed by atoms with Gasteiger partial charge in [0.1, 0.15) is 12.0 Å². The SMILES string of the molecule is CCC(CC(=O)c1cc2c(F)c(OC)c(OC)cc2s1)C(=O)OC.COc1cc2sc(C(=O)CC(=O)OC(C)(C)C)cc2c(F)c1OC. The summed E-state index contributed by atoms with van der Waals surface area (Å²) in [6, 6.07) is 6.15. The van der Waals surface area contributed by atoms with E-state index in [1.807, 2.05) is 6.92 Å². The Kier molecular flexibility index (Phi) is 12.9. The number of halogens is 2. The molecule has 260 valence electrons. The number of ketones is 2. The van der Waals surface area contributed by atoms with Crippen molar-refractivity contribution in [2.45, 2.75) is 52.6 Å². The average molecular weight is 709 g/mol. The molecule has 14 heteroatoms. The second-order valence-corrected chi connectivity index (χ2v) is 13.5. The van der Waals surface area contributed by atoms with Crippen molar-refractivity contribution >= 4 is 66.4 Å². The van der Waals surface area contributed by atoms with Gasteiger partial charge in [0.05, 0.1) is 51.2 Å². The summed E-state index contributed by atoms with van der Waals surface area (Å²) >= 11 is 2.26.